The molecule has 2 nitrogen and oxygen atoms in total. The predicted octanol–water partition coefficient (Wildman–Crippen LogP) is 4.33. The van der Waals surface area contributed by atoms with Crippen molar-refractivity contribution in [2.75, 3.05) is 13.2 Å². The highest BCUT2D eigenvalue weighted by atomic mass is 35.5. The van der Waals surface area contributed by atoms with Crippen LogP contribution in [0.1, 0.15) is 17.2 Å². The number of ether oxygens (including phenoxy) is 1. The van der Waals surface area contributed by atoms with E-state index in [1.165, 1.54) is 16.9 Å². The normalized spacial score (nSPS) is 22.9. The van der Waals surface area contributed by atoms with Crippen LogP contribution in [0.2, 0.25) is 8.67 Å². The van der Waals surface area contributed by atoms with Crippen molar-refractivity contribution in [3.05, 3.63) is 56.2 Å². The average Bonchev–Trinajstić information content (AvgIpc) is 2.80. The molecule has 1 aliphatic rings. The van der Waals surface area contributed by atoms with Crippen LogP contribution in [-0.4, -0.2) is 19.2 Å². The van der Waals surface area contributed by atoms with E-state index in [2.05, 4.69) is 29.6 Å². The summed E-state index contributed by atoms with van der Waals surface area (Å²) in [5, 5.41) is 3.53. The summed E-state index contributed by atoms with van der Waals surface area (Å²) in [6.07, 6.45) is 0.976. The first-order chi connectivity index (χ1) is 9.72. The van der Waals surface area contributed by atoms with E-state index in [0.29, 0.717) is 17.0 Å². The summed E-state index contributed by atoms with van der Waals surface area (Å²) in [4.78, 5) is 0. The third kappa shape index (κ3) is 3.35. The van der Waals surface area contributed by atoms with Gasteiger partial charge in [0.15, 0.2) is 0 Å². The lowest BCUT2D eigenvalue weighted by atomic mass is 10.0. The lowest BCUT2D eigenvalue weighted by Crippen LogP contribution is -2.44. The number of thiophene rings is 1. The second-order valence-corrected chi connectivity index (χ2v) is 7.18. The highest BCUT2D eigenvalue weighted by Crippen LogP contribution is 2.36. The number of rotatable bonds is 3. The Bertz CT molecular complexity index is 565. The molecule has 1 N–H and O–H groups in total. The van der Waals surface area contributed by atoms with Gasteiger partial charge >= 0.3 is 0 Å². The van der Waals surface area contributed by atoms with Gasteiger partial charge in [-0.05, 0) is 18.1 Å². The second kappa shape index (κ2) is 6.46. The van der Waals surface area contributed by atoms with Crippen molar-refractivity contribution in [2.24, 2.45) is 0 Å². The van der Waals surface area contributed by atoms with E-state index in [0.717, 1.165) is 22.9 Å². The van der Waals surface area contributed by atoms with Crippen molar-refractivity contribution in [3.8, 4) is 0 Å². The Morgan fingerprint density at radius 3 is 2.65 bits per heavy atom. The summed E-state index contributed by atoms with van der Waals surface area (Å²) in [5.41, 5.74) is 2.32. The van der Waals surface area contributed by atoms with Crippen molar-refractivity contribution in [1.82, 2.24) is 5.32 Å². The molecule has 0 radical (unpaired) electrons. The predicted molar refractivity (Wildman–Crippen MR) is 85.0 cm³/mol. The topological polar surface area (TPSA) is 21.3 Å². The first-order valence-electron chi connectivity index (χ1n) is 6.56. The maximum atomic E-state index is 6.17. The standard InChI is InChI=1S/C15H15Cl2NOS/c16-14-7-12(15(17)20-14)13-8-18-11(9-19-13)6-10-4-2-1-3-5-10/h1-5,7,11,13,18H,6,8-9H2. The van der Waals surface area contributed by atoms with Crippen LogP contribution >= 0.6 is 34.5 Å². The fraction of sp³-hybridized carbons (Fsp3) is 0.333. The quantitative estimate of drug-likeness (QED) is 0.906. The number of benzene rings is 1. The summed E-state index contributed by atoms with van der Waals surface area (Å²) in [6, 6.07) is 12.7. The van der Waals surface area contributed by atoms with Gasteiger partial charge in [0, 0.05) is 18.2 Å². The van der Waals surface area contributed by atoms with Gasteiger partial charge in [0.25, 0.3) is 0 Å². The van der Waals surface area contributed by atoms with Crippen molar-refractivity contribution in [2.45, 2.75) is 18.6 Å². The third-order valence-electron chi connectivity index (χ3n) is 3.45. The van der Waals surface area contributed by atoms with Crippen molar-refractivity contribution in [1.29, 1.82) is 0 Å². The summed E-state index contributed by atoms with van der Waals surface area (Å²) >= 11 is 13.5. The zero-order valence-corrected chi connectivity index (χ0v) is 13.1. The van der Waals surface area contributed by atoms with Gasteiger partial charge in [-0.15, -0.1) is 11.3 Å². The minimum Gasteiger partial charge on any atom is -0.370 e. The molecule has 106 valence electrons. The lowest BCUT2D eigenvalue weighted by molar-refractivity contribution is 0.00336. The molecule has 0 bridgehead atoms. The van der Waals surface area contributed by atoms with E-state index in [9.17, 15) is 0 Å². The highest BCUT2D eigenvalue weighted by molar-refractivity contribution is 7.20. The average molecular weight is 328 g/mol. The number of nitrogens with one attached hydrogen (secondary N) is 1. The molecule has 1 aromatic carbocycles. The van der Waals surface area contributed by atoms with Crippen molar-refractivity contribution >= 4 is 34.5 Å². The van der Waals surface area contributed by atoms with Gasteiger partial charge in [-0.1, -0.05) is 53.5 Å². The third-order valence-corrected chi connectivity index (χ3v) is 4.96. The maximum absolute atomic E-state index is 6.17. The molecular weight excluding hydrogens is 313 g/mol. The van der Waals surface area contributed by atoms with Gasteiger partial charge in [-0.2, -0.15) is 0 Å². The molecule has 5 heteroatoms. The molecule has 2 heterocycles. The minimum atomic E-state index is -0.00160. The molecule has 2 atom stereocenters. The van der Waals surface area contributed by atoms with Crippen LogP contribution in [0.4, 0.5) is 0 Å². The Morgan fingerprint density at radius 2 is 2.05 bits per heavy atom. The molecule has 0 aliphatic carbocycles. The van der Waals surface area contributed by atoms with Gasteiger partial charge in [-0.3, -0.25) is 0 Å². The number of morpholine rings is 1. The Labute approximate surface area is 132 Å². The molecule has 0 saturated carbocycles. The van der Waals surface area contributed by atoms with E-state index >= 15 is 0 Å². The first-order valence-corrected chi connectivity index (χ1v) is 8.13. The fourth-order valence-corrected chi connectivity index (χ4v) is 3.98. The number of hydrogen-bond acceptors (Lipinski definition) is 3. The highest BCUT2D eigenvalue weighted by Gasteiger charge is 2.25. The van der Waals surface area contributed by atoms with Crippen molar-refractivity contribution in [3.63, 3.8) is 0 Å². The van der Waals surface area contributed by atoms with Gasteiger partial charge in [0.1, 0.15) is 4.34 Å². The Balaban J connectivity index is 1.58. The van der Waals surface area contributed by atoms with Gasteiger partial charge in [0.2, 0.25) is 0 Å². The largest absolute Gasteiger partial charge is 0.370 e. The summed E-state index contributed by atoms with van der Waals surface area (Å²) in [6.45, 7) is 1.45. The van der Waals surface area contributed by atoms with E-state index in [1.54, 1.807) is 0 Å². The molecule has 20 heavy (non-hydrogen) atoms. The van der Waals surface area contributed by atoms with E-state index < -0.39 is 0 Å². The summed E-state index contributed by atoms with van der Waals surface area (Å²) in [5.74, 6) is 0. The molecule has 2 unspecified atom stereocenters. The van der Waals surface area contributed by atoms with Crippen LogP contribution in [-0.2, 0) is 11.2 Å². The minimum absolute atomic E-state index is 0.00160. The van der Waals surface area contributed by atoms with E-state index in [-0.39, 0.29) is 6.10 Å². The summed E-state index contributed by atoms with van der Waals surface area (Å²) < 4.78 is 7.38. The van der Waals surface area contributed by atoms with Crippen LogP contribution in [0.5, 0.6) is 0 Å². The number of hydrogen-bond donors (Lipinski definition) is 1. The monoisotopic (exact) mass is 327 g/mol. The fourth-order valence-electron chi connectivity index (χ4n) is 2.43. The SMILES string of the molecule is Clc1cc(C2CNC(Cc3ccccc3)CO2)c(Cl)s1. The van der Waals surface area contributed by atoms with Crippen molar-refractivity contribution < 1.29 is 4.74 Å². The van der Waals surface area contributed by atoms with E-state index in [1.807, 2.05) is 12.1 Å². The molecule has 0 spiro atoms. The van der Waals surface area contributed by atoms with Crippen LogP contribution in [0.3, 0.4) is 0 Å². The van der Waals surface area contributed by atoms with Gasteiger partial charge < -0.3 is 10.1 Å². The van der Waals surface area contributed by atoms with Gasteiger partial charge in [0.05, 0.1) is 17.0 Å². The Morgan fingerprint density at radius 1 is 1.25 bits per heavy atom. The molecule has 1 fully saturated rings. The van der Waals surface area contributed by atoms with Crippen LogP contribution < -0.4 is 5.32 Å². The Hall–Kier alpha value is -0.580. The van der Waals surface area contributed by atoms with Crippen LogP contribution in [0.15, 0.2) is 36.4 Å². The second-order valence-electron chi connectivity index (χ2n) is 4.90. The first kappa shape index (κ1) is 14.4. The van der Waals surface area contributed by atoms with Crippen LogP contribution in [0, 0.1) is 0 Å². The molecule has 3 rings (SSSR count). The maximum Gasteiger partial charge on any atom is 0.100 e. The molecule has 0 amide bonds. The molecule has 1 saturated heterocycles. The Kier molecular flexibility index (Phi) is 4.64. The summed E-state index contributed by atoms with van der Waals surface area (Å²) in [7, 11) is 0. The number of halogens is 2. The molecular formula is C15H15Cl2NOS. The lowest BCUT2D eigenvalue weighted by Gasteiger charge is -2.30. The molecule has 2 aromatic rings. The zero-order valence-electron chi connectivity index (χ0n) is 10.8. The van der Waals surface area contributed by atoms with Crippen LogP contribution in [0.25, 0.3) is 0 Å². The molecule has 1 aromatic heterocycles. The van der Waals surface area contributed by atoms with Gasteiger partial charge in [-0.25, -0.2) is 0 Å². The molecule has 1 aliphatic heterocycles. The smallest absolute Gasteiger partial charge is 0.100 e. The van der Waals surface area contributed by atoms with E-state index in [4.69, 9.17) is 27.9 Å². The zero-order chi connectivity index (χ0) is 13.9.